The Labute approximate surface area is 90.9 Å². The molecule has 0 aromatic carbocycles. The lowest BCUT2D eigenvalue weighted by atomic mass is 10.1. The number of nitrogens with one attached hydrogen (secondary N) is 1. The van der Waals surface area contributed by atoms with Crippen LogP contribution in [0, 0.1) is 0 Å². The topological polar surface area (TPSA) is 12.0 Å². The van der Waals surface area contributed by atoms with Crippen LogP contribution in [-0.2, 0) is 6.42 Å². The Morgan fingerprint density at radius 1 is 1.50 bits per heavy atom. The van der Waals surface area contributed by atoms with E-state index in [0.717, 1.165) is 13.0 Å². The number of thiophene rings is 1. The summed E-state index contributed by atoms with van der Waals surface area (Å²) in [6.07, 6.45) is 1.12. The molecule has 1 rings (SSSR count). The molecule has 0 aliphatic carbocycles. The smallest absolute Gasteiger partial charge is 0.0625 e. The average molecular weight is 209 g/mol. The Kier molecular flexibility index (Phi) is 4.36. The minimum Gasteiger partial charge on any atom is -0.306 e. The van der Waals surface area contributed by atoms with Crippen molar-refractivity contribution in [2.75, 3.05) is 6.54 Å². The van der Waals surface area contributed by atoms with E-state index in [4.69, 9.17) is 0 Å². The van der Waals surface area contributed by atoms with Crippen molar-refractivity contribution < 1.29 is 0 Å². The van der Waals surface area contributed by atoms with E-state index in [9.17, 15) is 0 Å². The first-order valence-electron chi connectivity index (χ1n) is 5.16. The molecule has 0 aliphatic heterocycles. The zero-order valence-corrected chi connectivity index (χ0v) is 10.1. The third-order valence-corrected chi connectivity index (χ3v) is 3.51. The van der Waals surface area contributed by atoms with Crippen LogP contribution in [0.5, 0.6) is 0 Å². The second kappa shape index (κ2) is 5.32. The van der Waals surface area contributed by atoms with Gasteiger partial charge in [-0.05, 0) is 32.0 Å². The predicted octanol–water partition coefficient (Wildman–Crippen LogP) is 3.54. The molecule has 1 nitrogen and oxygen atoms in total. The van der Waals surface area contributed by atoms with Crippen molar-refractivity contribution in [1.82, 2.24) is 5.32 Å². The normalized spacial score (nSPS) is 12.8. The fourth-order valence-corrected chi connectivity index (χ4v) is 2.58. The zero-order valence-electron chi connectivity index (χ0n) is 9.26. The van der Waals surface area contributed by atoms with Gasteiger partial charge in [0.15, 0.2) is 0 Å². The summed E-state index contributed by atoms with van der Waals surface area (Å²) in [7, 11) is 0. The van der Waals surface area contributed by atoms with Crippen LogP contribution in [0.1, 0.15) is 36.6 Å². The van der Waals surface area contributed by atoms with Crippen LogP contribution in [-0.4, -0.2) is 6.54 Å². The molecule has 1 heterocycles. The lowest BCUT2D eigenvalue weighted by Crippen LogP contribution is -2.20. The molecule has 1 aromatic rings. The van der Waals surface area contributed by atoms with E-state index in [2.05, 4.69) is 44.8 Å². The molecule has 0 aliphatic rings. The first-order chi connectivity index (χ1) is 6.69. The molecular formula is C12H19NS. The molecule has 0 bridgehead atoms. The van der Waals surface area contributed by atoms with E-state index in [1.807, 2.05) is 11.3 Å². The maximum absolute atomic E-state index is 4.03. The van der Waals surface area contributed by atoms with E-state index in [-0.39, 0.29) is 0 Å². The Morgan fingerprint density at radius 2 is 2.21 bits per heavy atom. The Balaban J connectivity index is 2.81. The van der Waals surface area contributed by atoms with Crippen LogP contribution in [0.4, 0.5) is 0 Å². The van der Waals surface area contributed by atoms with E-state index in [1.54, 1.807) is 0 Å². The molecule has 14 heavy (non-hydrogen) atoms. The van der Waals surface area contributed by atoms with Crippen LogP contribution in [0.15, 0.2) is 24.3 Å². The van der Waals surface area contributed by atoms with Crippen molar-refractivity contribution in [3.05, 3.63) is 34.0 Å². The second-order valence-electron chi connectivity index (χ2n) is 3.49. The summed E-state index contributed by atoms with van der Waals surface area (Å²) >= 11 is 1.89. The minimum absolute atomic E-state index is 0.338. The van der Waals surface area contributed by atoms with Gasteiger partial charge in [-0.3, -0.25) is 0 Å². The summed E-state index contributed by atoms with van der Waals surface area (Å²) < 4.78 is 0. The van der Waals surface area contributed by atoms with Crippen molar-refractivity contribution in [1.29, 1.82) is 0 Å². The van der Waals surface area contributed by atoms with Crippen molar-refractivity contribution in [2.45, 2.75) is 33.2 Å². The van der Waals surface area contributed by atoms with Crippen LogP contribution >= 0.6 is 11.3 Å². The van der Waals surface area contributed by atoms with E-state index in [0.29, 0.717) is 6.04 Å². The molecule has 2 heteroatoms. The number of hydrogen-bond acceptors (Lipinski definition) is 2. The first-order valence-corrected chi connectivity index (χ1v) is 5.98. The minimum atomic E-state index is 0.338. The molecular weight excluding hydrogens is 190 g/mol. The number of rotatable bonds is 5. The van der Waals surface area contributed by atoms with Gasteiger partial charge in [-0.1, -0.05) is 26.0 Å². The van der Waals surface area contributed by atoms with Crippen LogP contribution < -0.4 is 5.32 Å². The van der Waals surface area contributed by atoms with Gasteiger partial charge >= 0.3 is 0 Å². The molecule has 1 aromatic heterocycles. The van der Waals surface area contributed by atoms with Crippen molar-refractivity contribution in [2.24, 2.45) is 0 Å². The van der Waals surface area contributed by atoms with Gasteiger partial charge in [0, 0.05) is 9.75 Å². The molecule has 0 radical (unpaired) electrons. The first kappa shape index (κ1) is 11.5. The van der Waals surface area contributed by atoms with Gasteiger partial charge in [0.05, 0.1) is 6.04 Å². The fraction of sp³-hybridized carbons (Fsp3) is 0.500. The summed E-state index contributed by atoms with van der Waals surface area (Å²) in [6.45, 7) is 11.4. The van der Waals surface area contributed by atoms with E-state index in [1.165, 1.54) is 15.3 Å². The Hall–Kier alpha value is -0.600. The standard InChI is InChI=1S/C12H19NS/c1-5-10-7-8-11(14-10)12(9(3)4)13-6-2/h7-8,12-13H,3,5-6H2,1-2,4H3. The highest BCUT2D eigenvalue weighted by Gasteiger charge is 2.12. The monoisotopic (exact) mass is 209 g/mol. The molecule has 1 N–H and O–H groups in total. The summed E-state index contributed by atoms with van der Waals surface area (Å²) in [5.74, 6) is 0. The van der Waals surface area contributed by atoms with Crippen LogP contribution in [0.3, 0.4) is 0 Å². The van der Waals surface area contributed by atoms with Crippen molar-refractivity contribution in [3.8, 4) is 0 Å². The molecule has 0 spiro atoms. The van der Waals surface area contributed by atoms with Gasteiger partial charge in [0.2, 0.25) is 0 Å². The molecule has 1 atom stereocenters. The van der Waals surface area contributed by atoms with Gasteiger partial charge in [0.1, 0.15) is 0 Å². The highest BCUT2D eigenvalue weighted by atomic mass is 32.1. The highest BCUT2D eigenvalue weighted by molar-refractivity contribution is 7.12. The third-order valence-electron chi connectivity index (χ3n) is 2.22. The van der Waals surface area contributed by atoms with E-state index < -0.39 is 0 Å². The van der Waals surface area contributed by atoms with Gasteiger partial charge in [0.25, 0.3) is 0 Å². The Bertz CT molecular complexity index is 301. The lowest BCUT2D eigenvalue weighted by molar-refractivity contribution is 0.630. The van der Waals surface area contributed by atoms with Crippen LogP contribution in [0.2, 0.25) is 0 Å². The summed E-state index contributed by atoms with van der Waals surface area (Å²) in [4.78, 5) is 2.83. The maximum Gasteiger partial charge on any atom is 0.0625 e. The van der Waals surface area contributed by atoms with Gasteiger partial charge in [-0.25, -0.2) is 0 Å². The fourth-order valence-electron chi connectivity index (χ4n) is 1.46. The number of likely N-dealkylation sites (N-methyl/N-ethyl adjacent to an activating group) is 1. The molecule has 0 saturated heterocycles. The van der Waals surface area contributed by atoms with Gasteiger partial charge in [-0.2, -0.15) is 0 Å². The maximum atomic E-state index is 4.03. The quantitative estimate of drug-likeness (QED) is 0.731. The van der Waals surface area contributed by atoms with Gasteiger partial charge < -0.3 is 5.32 Å². The largest absolute Gasteiger partial charge is 0.306 e. The molecule has 0 fully saturated rings. The molecule has 1 unspecified atom stereocenters. The highest BCUT2D eigenvalue weighted by Crippen LogP contribution is 2.27. The van der Waals surface area contributed by atoms with Crippen LogP contribution in [0.25, 0.3) is 0 Å². The zero-order chi connectivity index (χ0) is 10.6. The molecule has 0 saturated carbocycles. The molecule has 78 valence electrons. The second-order valence-corrected chi connectivity index (χ2v) is 4.69. The van der Waals surface area contributed by atoms with Gasteiger partial charge in [-0.15, -0.1) is 11.3 Å². The number of hydrogen-bond donors (Lipinski definition) is 1. The predicted molar refractivity (Wildman–Crippen MR) is 64.9 cm³/mol. The third kappa shape index (κ3) is 2.69. The van der Waals surface area contributed by atoms with Crippen molar-refractivity contribution in [3.63, 3.8) is 0 Å². The van der Waals surface area contributed by atoms with Crippen molar-refractivity contribution >= 4 is 11.3 Å². The van der Waals surface area contributed by atoms with E-state index >= 15 is 0 Å². The summed E-state index contributed by atoms with van der Waals surface area (Å²) in [5, 5.41) is 3.45. The SMILES string of the molecule is C=C(C)C(NCC)c1ccc(CC)s1. The summed E-state index contributed by atoms with van der Waals surface area (Å²) in [6, 6.07) is 4.77. The average Bonchev–Trinajstić information content (AvgIpc) is 2.61. The molecule has 0 amide bonds. The summed E-state index contributed by atoms with van der Waals surface area (Å²) in [5.41, 5.74) is 1.19. The lowest BCUT2D eigenvalue weighted by Gasteiger charge is -2.15. The number of aryl methyl sites for hydroxylation is 1. The Morgan fingerprint density at radius 3 is 2.64 bits per heavy atom.